The van der Waals surface area contributed by atoms with Crippen molar-refractivity contribution in [3.63, 3.8) is 0 Å². The Morgan fingerprint density at radius 3 is 2.42 bits per heavy atom. The zero-order chi connectivity index (χ0) is 22.1. The SMILES string of the molecule is Cc1cccc(-n2c(SCC(=O)c3cc(C)n(C)c3C)nnc2-c2ccc(Cl)cc2)c1. The summed E-state index contributed by atoms with van der Waals surface area (Å²) in [4.78, 5) is 12.9. The van der Waals surface area contributed by atoms with E-state index in [1.165, 1.54) is 11.8 Å². The van der Waals surface area contributed by atoms with Gasteiger partial charge in [0.05, 0.1) is 5.75 Å². The maximum Gasteiger partial charge on any atom is 0.196 e. The summed E-state index contributed by atoms with van der Waals surface area (Å²) in [5, 5.41) is 10.2. The molecule has 0 bridgehead atoms. The predicted octanol–water partition coefficient (Wildman–Crippen LogP) is 5.83. The minimum absolute atomic E-state index is 0.0815. The maximum atomic E-state index is 12.9. The minimum Gasteiger partial charge on any atom is -0.351 e. The molecule has 0 saturated heterocycles. The summed E-state index contributed by atoms with van der Waals surface area (Å²) in [5.74, 6) is 1.08. The second-order valence-corrected chi connectivity index (χ2v) is 8.92. The van der Waals surface area contributed by atoms with Crippen LogP contribution in [0, 0.1) is 20.8 Å². The molecule has 2 aromatic heterocycles. The lowest BCUT2D eigenvalue weighted by Crippen LogP contribution is -2.06. The number of halogens is 1. The van der Waals surface area contributed by atoms with Gasteiger partial charge >= 0.3 is 0 Å². The number of ketones is 1. The summed E-state index contributed by atoms with van der Waals surface area (Å²) in [7, 11) is 1.97. The average molecular weight is 451 g/mol. The fourth-order valence-corrected chi connectivity index (χ4v) is 4.46. The number of carbonyl (C=O) groups is 1. The zero-order valence-electron chi connectivity index (χ0n) is 17.9. The van der Waals surface area contributed by atoms with Crippen molar-refractivity contribution in [2.45, 2.75) is 25.9 Å². The van der Waals surface area contributed by atoms with Crippen LogP contribution in [0.15, 0.2) is 59.8 Å². The fraction of sp³-hybridized carbons (Fsp3) is 0.208. The number of nitrogens with zero attached hydrogens (tertiary/aromatic N) is 4. The lowest BCUT2D eigenvalue weighted by Gasteiger charge is -2.11. The third kappa shape index (κ3) is 4.31. The number of rotatable bonds is 6. The Kier molecular flexibility index (Phi) is 6.03. The number of aromatic nitrogens is 4. The third-order valence-corrected chi connectivity index (χ3v) is 6.58. The molecule has 158 valence electrons. The van der Waals surface area contributed by atoms with Crippen LogP contribution in [0.25, 0.3) is 17.1 Å². The summed E-state index contributed by atoms with van der Waals surface area (Å²) in [6.45, 7) is 6.02. The van der Waals surface area contributed by atoms with Crippen LogP contribution in [0.4, 0.5) is 0 Å². The molecule has 0 amide bonds. The second kappa shape index (κ2) is 8.73. The molecule has 0 aliphatic carbocycles. The molecule has 2 heterocycles. The number of thioether (sulfide) groups is 1. The Hall–Kier alpha value is -2.83. The van der Waals surface area contributed by atoms with Gasteiger partial charge in [-0.1, -0.05) is 35.5 Å². The second-order valence-electron chi connectivity index (χ2n) is 7.54. The van der Waals surface area contributed by atoms with Crippen molar-refractivity contribution in [3.05, 3.63) is 82.1 Å². The van der Waals surface area contributed by atoms with Crippen LogP contribution in [0.1, 0.15) is 27.3 Å². The van der Waals surface area contributed by atoms with Crippen LogP contribution in [0.2, 0.25) is 5.02 Å². The molecule has 5 nitrogen and oxygen atoms in total. The van der Waals surface area contributed by atoms with E-state index in [1.807, 2.05) is 85.5 Å². The smallest absolute Gasteiger partial charge is 0.196 e. The highest BCUT2D eigenvalue weighted by Crippen LogP contribution is 2.30. The minimum atomic E-state index is 0.0815. The Labute approximate surface area is 191 Å². The largest absolute Gasteiger partial charge is 0.351 e. The quantitative estimate of drug-likeness (QED) is 0.274. The van der Waals surface area contributed by atoms with Gasteiger partial charge in [-0.15, -0.1) is 10.2 Å². The van der Waals surface area contributed by atoms with E-state index in [0.717, 1.165) is 33.8 Å². The van der Waals surface area contributed by atoms with Gasteiger partial charge in [-0.25, -0.2) is 0 Å². The number of Topliss-reactive ketones (excluding diaryl/α,β-unsaturated/α-hetero) is 1. The number of hydrogen-bond acceptors (Lipinski definition) is 4. The highest BCUT2D eigenvalue weighted by molar-refractivity contribution is 7.99. The van der Waals surface area contributed by atoms with Crippen LogP contribution < -0.4 is 0 Å². The summed E-state index contributed by atoms with van der Waals surface area (Å²) < 4.78 is 4.03. The van der Waals surface area contributed by atoms with E-state index in [9.17, 15) is 4.79 Å². The lowest BCUT2D eigenvalue weighted by atomic mass is 10.2. The number of carbonyl (C=O) groups excluding carboxylic acids is 1. The van der Waals surface area contributed by atoms with Crippen LogP contribution in [-0.4, -0.2) is 30.9 Å². The van der Waals surface area contributed by atoms with E-state index >= 15 is 0 Å². The van der Waals surface area contributed by atoms with Gasteiger partial charge in [-0.2, -0.15) is 0 Å². The first-order chi connectivity index (χ1) is 14.8. The van der Waals surface area contributed by atoms with Gasteiger partial charge in [-0.3, -0.25) is 9.36 Å². The Balaban J connectivity index is 1.69. The molecule has 31 heavy (non-hydrogen) atoms. The zero-order valence-corrected chi connectivity index (χ0v) is 19.5. The maximum absolute atomic E-state index is 12.9. The van der Waals surface area contributed by atoms with E-state index in [1.54, 1.807) is 0 Å². The van der Waals surface area contributed by atoms with E-state index in [2.05, 4.69) is 16.3 Å². The van der Waals surface area contributed by atoms with E-state index in [0.29, 0.717) is 16.0 Å². The van der Waals surface area contributed by atoms with Crippen molar-refractivity contribution < 1.29 is 4.79 Å². The van der Waals surface area contributed by atoms with Crippen molar-refractivity contribution in [1.29, 1.82) is 0 Å². The molecule has 0 unspecified atom stereocenters. The molecule has 0 spiro atoms. The molecule has 2 aromatic carbocycles. The fourth-order valence-electron chi connectivity index (χ4n) is 3.49. The number of benzene rings is 2. The first-order valence-electron chi connectivity index (χ1n) is 9.92. The average Bonchev–Trinajstić information content (AvgIpc) is 3.29. The van der Waals surface area contributed by atoms with Gasteiger partial charge in [0.1, 0.15) is 0 Å². The number of hydrogen-bond donors (Lipinski definition) is 0. The monoisotopic (exact) mass is 450 g/mol. The first kappa shape index (κ1) is 21.4. The molecule has 4 rings (SSSR count). The van der Waals surface area contributed by atoms with Crippen molar-refractivity contribution in [1.82, 2.24) is 19.3 Å². The van der Waals surface area contributed by atoms with Crippen molar-refractivity contribution in [3.8, 4) is 17.1 Å². The summed E-state index contributed by atoms with van der Waals surface area (Å²) >= 11 is 7.46. The molecule has 7 heteroatoms. The molecular formula is C24H23ClN4OS. The molecule has 4 aromatic rings. The van der Waals surface area contributed by atoms with Crippen LogP contribution in [0.5, 0.6) is 0 Å². The summed E-state index contributed by atoms with van der Waals surface area (Å²) in [6.07, 6.45) is 0. The third-order valence-electron chi connectivity index (χ3n) is 5.40. The molecular weight excluding hydrogens is 428 g/mol. The standard InChI is InChI=1S/C24H23ClN4OS/c1-15-6-5-7-20(12-15)29-23(18-8-10-19(25)11-9-18)26-27-24(29)31-14-22(30)21-13-16(2)28(4)17(21)3/h5-13H,14H2,1-4H3. The van der Waals surface area contributed by atoms with Gasteiger partial charge in [0, 0.05) is 40.3 Å². The number of aryl methyl sites for hydroxylation is 2. The Bertz CT molecular complexity index is 1260. The van der Waals surface area contributed by atoms with Gasteiger partial charge in [0.25, 0.3) is 0 Å². The van der Waals surface area contributed by atoms with Gasteiger partial charge in [-0.05, 0) is 68.8 Å². The van der Waals surface area contributed by atoms with Gasteiger partial charge < -0.3 is 4.57 Å². The van der Waals surface area contributed by atoms with Gasteiger partial charge in [0.15, 0.2) is 16.8 Å². The van der Waals surface area contributed by atoms with Gasteiger partial charge in [0.2, 0.25) is 0 Å². The molecule has 0 N–H and O–H groups in total. The van der Waals surface area contributed by atoms with Crippen molar-refractivity contribution in [2.75, 3.05) is 5.75 Å². The molecule has 0 fully saturated rings. The Morgan fingerprint density at radius 1 is 1.03 bits per heavy atom. The normalized spacial score (nSPS) is 11.1. The summed E-state index contributed by atoms with van der Waals surface area (Å²) in [5.41, 5.74) is 5.80. The predicted molar refractivity (Wildman–Crippen MR) is 126 cm³/mol. The molecule has 0 saturated carbocycles. The van der Waals surface area contributed by atoms with Crippen LogP contribution >= 0.6 is 23.4 Å². The summed E-state index contributed by atoms with van der Waals surface area (Å²) in [6, 6.07) is 17.6. The molecule has 0 radical (unpaired) electrons. The molecule has 0 aliphatic heterocycles. The molecule has 0 aliphatic rings. The molecule has 0 atom stereocenters. The van der Waals surface area contributed by atoms with E-state index in [-0.39, 0.29) is 11.5 Å². The van der Waals surface area contributed by atoms with Crippen molar-refractivity contribution >= 4 is 29.1 Å². The van der Waals surface area contributed by atoms with E-state index in [4.69, 9.17) is 11.6 Å². The van der Waals surface area contributed by atoms with Crippen LogP contribution in [-0.2, 0) is 7.05 Å². The first-order valence-corrected chi connectivity index (χ1v) is 11.3. The highest BCUT2D eigenvalue weighted by Gasteiger charge is 2.19. The Morgan fingerprint density at radius 2 is 1.77 bits per heavy atom. The van der Waals surface area contributed by atoms with Crippen molar-refractivity contribution in [2.24, 2.45) is 7.05 Å². The lowest BCUT2D eigenvalue weighted by molar-refractivity contribution is 0.102. The highest BCUT2D eigenvalue weighted by atomic mass is 35.5. The van der Waals surface area contributed by atoms with Crippen LogP contribution in [0.3, 0.4) is 0 Å². The van der Waals surface area contributed by atoms with E-state index < -0.39 is 0 Å². The topological polar surface area (TPSA) is 52.7 Å².